The molecule has 0 N–H and O–H groups in total. The van der Waals surface area contributed by atoms with Gasteiger partial charge >= 0.3 is 0 Å². The summed E-state index contributed by atoms with van der Waals surface area (Å²) < 4.78 is 6.92. The Balaban J connectivity index is 2.28. The summed E-state index contributed by atoms with van der Waals surface area (Å²) >= 11 is 0. The molecule has 0 aliphatic rings. The number of aryl methyl sites for hydroxylation is 1. The first-order chi connectivity index (χ1) is 18.6. The Morgan fingerprint density at radius 3 is 2.02 bits per heavy atom. The van der Waals surface area contributed by atoms with E-state index in [1.165, 1.54) is 51.5 Å². The van der Waals surface area contributed by atoms with Crippen molar-refractivity contribution < 1.29 is 4.74 Å². The number of nitrogens with zero attached hydrogens (tertiary/aromatic N) is 1. The van der Waals surface area contributed by atoms with Crippen molar-refractivity contribution in [3.8, 4) is 5.75 Å². The monoisotopic (exact) mass is 559 g/mol. The number of ether oxygens (including phenoxy) is 1. The number of hydrogen-bond donors (Lipinski definition) is 0. The van der Waals surface area contributed by atoms with Gasteiger partial charge in [0.25, 0.3) is 0 Å². The van der Waals surface area contributed by atoms with E-state index in [-0.39, 0.29) is 16.0 Å². The second-order valence-corrected chi connectivity index (χ2v) is 16.0. The topological polar surface area (TPSA) is 12.5 Å². The van der Waals surface area contributed by atoms with Crippen molar-refractivity contribution in [2.24, 2.45) is 0 Å². The van der Waals surface area contributed by atoms with Gasteiger partial charge in [-0.15, -0.1) is 0 Å². The summed E-state index contributed by atoms with van der Waals surface area (Å²) in [6, 6.07) is 22.6. The van der Waals surface area contributed by atoms with Crippen LogP contribution in [0.4, 0.5) is 0 Å². The van der Waals surface area contributed by atoms with E-state index >= 15 is 0 Å². The van der Waals surface area contributed by atoms with Crippen molar-refractivity contribution in [3.05, 3.63) is 94.0 Å². The molecule has 3 rings (SSSR count). The number of rotatable bonds is 11. The molecule has 2 unspecified atom stereocenters. The zero-order chi connectivity index (χ0) is 29.7. The third kappa shape index (κ3) is 8.43. The molecule has 0 aromatic heterocycles. The van der Waals surface area contributed by atoms with Gasteiger partial charge in [0, 0.05) is 22.8 Å². The first kappa shape index (κ1) is 32.4. The van der Waals surface area contributed by atoms with Crippen LogP contribution in [0.2, 0.25) is 0 Å². The number of benzene rings is 3. The fourth-order valence-electron chi connectivity index (χ4n) is 5.32. The highest BCUT2D eigenvalue weighted by atomic mass is 31.1. The largest absolute Gasteiger partial charge is 0.488 e. The van der Waals surface area contributed by atoms with E-state index in [9.17, 15) is 0 Å². The fourth-order valence-corrected chi connectivity index (χ4v) is 7.02. The smallest absolute Gasteiger partial charge is 0.127 e. The minimum absolute atomic E-state index is 0.0421. The van der Waals surface area contributed by atoms with E-state index < -0.39 is 0 Å². The first-order valence-corrected chi connectivity index (χ1v) is 16.0. The lowest BCUT2D eigenvalue weighted by Crippen LogP contribution is -2.27. The van der Waals surface area contributed by atoms with Gasteiger partial charge in [-0.05, 0) is 60.3 Å². The first-order valence-electron chi connectivity index (χ1n) is 15.0. The van der Waals surface area contributed by atoms with E-state index in [1.807, 2.05) is 0 Å². The molecule has 0 spiro atoms. The summed E-state index contributed by atoms with van der Waals surface area (Å²) in [6.07, 6.45) is 3.51. The van der Waals surface area contributed by atoms with Crippen LogP contribution in [0.15, 0.2) is 60.7 Å². The van der Waals surface area contributed by atoms with Gasteiger partial charge in [0.15, 0.2) is 0 Å². The molecule has 0 amide bonds. The fraction of sp³-hybridized carbons (Fsp3) is 0.514. The lowest BCUT2D eigenvalue weighted by molar-refractivity contribution is 0.290. The molecule has 0 saturated carbocycles. The Hall–Kier alpha value is -2.15. The van der Waals surface area contributed by atoms with Crippen molar-refractivity contribution >= 4 is 13.9 Å². The Bertz CT molecular complexity index is 1250. The lowest BCUT2D eigenvalue weighted by Gasteiger charge is -2.37. The van der Waals surface area contributed by atoms with Gasteiger partial charge in [-0.1, -0.05) is 143 Å². The molecule has 0 aliphatic heterocycles. The number of hydrogen-bond acceptors (Lipinski definition) is 2. The summed E-state index contributed by atoms with van der Waals surface area (Å²) in [5.74, 6) is 1.09. The van der Waals surface area contributed by atoms with Crippen LogP contribution in [0.3, 0.4) is 0 Å². The average Bonchev–Trinajstić information content (AvgIpc) is 2.86. The normalized spacial score (nSPS) is 14.2. The second-order valence-electron chi connectivity index (χ2n) is 14.1. The van der Waals surface area contributed by atoms with Crippen molar-refractivity contribution in [1.82, 2.24) is 4.90 Å². The second kappa shape index (κ2) is 13.2. The maximum Gasteiger partial charge on any atom is 0.127 e. The molecule has 3 aromatic carbocycles. The molecular formula is C37H54NOP. The predicted octanol–water partition coefficient (Wildman–Crippen LogP) is 9.64. The van der Waals surface area contributed by atoms with Crippen molar-refractivity contribution in [2.45, 2.75) is 111 Å². The summed E-state index contributed by atoms with van der Waals surface area (Å²) in [5, 5.41) is 1.44. The Morgan fingerprint density at radius 1 is 0.800 bits per heavy atom. The Kier molecular flexibility index (Phi) is 10.7. The van der Waals surface area contributed by atoms with Crippen LogP contribution in [0.5, 0.6) is 5.75 Å². The summed E-state index contributed by atoms with van der Waals surface area (Å²) in [5.41, 5.74) is 8.07. The van der Waals surface area contributed by atoms with E-state index in [1.54, 1.807) is 0 Å². The van der Waals surface area contributed by atoms with Crippen LogP contribution in [0, 0.1) is 6.92 Å². The highest BCUT2D eigenvalue weighted by molar-refractivity contribution is 7.48. The molecular weight excluding hydrogens is 505 g/mol. The maximum absolute atomic E-state index is 6.92. The Morgan fingerprint density at radius 2 is 1.45 bits per heavy atom. The van der Waals surface area contributed by atoms with Crippen LogP contribution in [0.1, 0.15) is 108 Å². The van der Waals surface area contributed by atoms with Gasteiger partial charge in [-0.2, -0.15) is 0 Å². The molecule has 2 nitrogen and oxygen atoms in total. The zero-order valence-corrected chi connectivity index (χ0v) is 28.2. The average molecular weight is 560 g/mol. The minimum atomic E-state index is -0.0449. The van der Waals surface area contributed by atoms with E-state index in [0.29, 0.717) is 15.2 Å². The van der Waals surface area contributed by atoms with Crippen molar-refractivity contribution in [1.29, 1.82) is 0 Å². The highest BCUT2D eigenvalue weighted by Gasteiger charge is 2.35. The van der Waals surface area contributed by atoms with Crippen LogP contribution in [0.25, 0.3) is 0 Å². The SMILES string of the molecule is CCCCC(C)(Pc1ccc(C)cc1CN(C)C)c1cc(C(C)(C)C)cc(C(C)(C)C)c1OCc1ccccc1. The van der Waals surface area contributed by atoms with Crippen LogP contribution in [-0.4, -0.2) is 19.0 Å². The van der Waals surface area contributed by atoms with Gasteiger partial charge in [-0.3, -0.25) is 0 Å². The molecule has 0 aliphatic carbocycles. The number of unbranched alkanes of at least 4 members (excludes halogenated alkanes) is 1. The van der Waals surface area contributed by atoms with E-state index in [4.69, 9.17) is 4.74 Å². The summed E-state index contributed by atoms with van der Waals surface area (Å²) in [6.45, 7) is 22.6. The molecule has 3 heteroatoms. The highest BCUT2D eigenvalue weighted by Crippen LogP contribution is 2.52. The standard InChI is InChI=1S/C37H54NOP/c1-12-13-21-37(9,40-33-20-19-27(2)22-29(33)25-38(10)11)32-24-30(35(3,4)5)23-31(36(6,7)8)34(32)39-26-28-17-15-14-16-18-28/h14-20,22-24,40H,12-13,21,25-26H2,1-11H3. The lowest BCUT2D eigenvalue weighted by atomic mass is 9.76. The third-order valence-corrected chi connectivity index (χ3v) is 9.60. The molecule has 0 fully saturated rings. The van der Waals surface area contributed by atoms with E-state index in [2.05, 4.69) is 142 Å². The molecule has 218 valence electrons. The summed E-state index contributed by atoms with van der Waals surface area (Å²) in [7, 11) is 4.99. The third-order valence-electron chi connectivity index (χ3n) is 7.77. The maximum atomic E-state index is 6.92. The molecule has 40 heavy (non-hydrogen) atoms. The van der Waals surface area contributed by atoms with Crippen LogP contribution < -0.4 is 10.0 Å². The van der Waals surface area contributed by atoms with Gasteiger partial charge < -0.3 is 9.64 Å². The summed E-state index contributed by atoms with van der Waals surface area (Å²) in [4.78, 5) is 2.29. The van der Waals surface area contributed by atoms with Crippen LogP contribution >= 0.6 is 8.58 Å². The molecule has 0 heterocycles. The quantitative estimate of drug-likeness (QED) is 0.217. The van der Waals surface area contributed by atoms with Gasteiger partial charge in [0.2, 0.25) is 0 Å². The zero-order valence-electron chi connectivity index (χ0n) is 27.2. The molecule has 2 atom stereocenters. The van der Waals surface area contributed by atoms with Gasteiger partial charge in [0.1, 0.15) is 12.4 Å². The minimum Gasteiger partial charge on any atom is -0.488 e. The molecule has 3 aromatic rings. The van der Waals surface area contributed by atoms with Crippen molar-refractivity contribution in [3.63, 3.8) is 0 Å². The molecule has 0 saturated heterocycles. The molecule has 0 radical (unpaired) electrons. The van der Waals surface area contributed by atoms with Crippen LogP contribution in [-0.2, 0) is 29.1 Å². The Labute approximate surface area is 247 Å². The predicted molar refractivity (Wildman–Crippen MR) is 178 cm³/mol. The van der Waals surface area contributed by atoms with Gasteiger partial charge in [0.05, 0.1) is 0 Å². The van der Waals surface area contributed by atoms with Crippen molar-refractivity contribution in [2.75, 3.05) is 14.1 Å². The van der Waals surface area contributed by atoms with Gasteiger partial charge in [-0.25, -0.2) is 0 Å². The van der Waals surface area contributed by atoms with E-state index in [0.717, 1.165) is 18.7 Å². The molecule has 0 bridgehead atoms.